The summed E-state index contributed by atoms with van der Waals surface area (Å²) in [6.07, 6.45) is 1.61. The minimum atomic E-state index is -1.12. The predicted octanol–water partition coefficient (Wildman–Crippen LogP) is 1.46. The smallest absolute Gasteiger partial charge is 0.357 e. The van der Waals surface area contributed by atoms with Gasteiger partial charge in [0.05, 0.1) is 0 Å². The first-order chi connectivity index (χ1) is 9.68. The molecule has 2 heterocycles. The minimum absolute atomic E-state index is 0.115. The van der Waals surface area contributed by atoms with Crippen LogP contribution in [0, 0.1) is 5.92 Å². The van der Waals surface area contributed by atoms with Crippen LogP contribution in [0.15, 0.2) is 10.7 Å². The number of hydrogen-bond donors (Lipinski definition) is 1. The third kappa shape index (κ3) is 3.34. The molecule has 7 nitrogen and oxygen atoms in total. The number of carboxylic acid groups (broad SMARTS) is 1. The zero-order valence-corrected chi connectivity index (χ0v) is 12.8. The molecule has 1 fully saturated rings. The van der Waals surface area contributed by atoms with Crippen molar-refractivity contribution in [3.8, 4) is 0 Å². The number of rotatable bonds is 4. The molecule has 1 aliphatic heterocycles. The van der Waals surface area contributed by atoms with Gasteiger partial charge in [0.15, 0.2) is 5.69 Å². The minimum Gasteiger partial charge on any atom is -0.476 e. The highest BCUT2D eigenvalue weighted by Crippen LogP contribution is 2.27. The highest BCUT2D eigenvalue weighted by Gasteiger charge is 2.36. The van der Waals surface area contributed by atoms with E-state index in [1.165, 1.54) is 0 Å². The van der Waals surface area contributed by atoms with E-state index in [0.29, 0.717) is 19.5 Å². The number of anilines is 1. The average Bonchev–Trinajstić information content (AvgIpc) is 2.94. The van der Waals surface area contributed by atoms with Crippen LogP contribution in [-0.4, -0.2) is 52.5 Å². The van der Waals surface area contributed by atoms with E-state index in [2.05, 4.69) is 4.98 Å². The molecule has 1 N–H and O–H groups in total. The Bertz CT molecular complexity index is 547. The van der Waals surface area contributed by atoms with Gasteiger partial charge in [-0.3, -0.25) is 4.79 Å². The van der Waals surface area contributed by atoms with Crippen LogP contribution in [0.4, 0.5) is 6.01 Å². The number of carboxylic acids is 1. The van der Waals surface area contributed by atoms with Gasteiger partial charge in [-0.25, -0.2) is 4.79 Å². The lowest BCUT2D eigenvalue weighted by molar-refractivity contribution is -0.131. The van der Waals surface area contributed by atoms with Crippen LogP contribution in [0.1, 0.15) is 37.7 Å². The Morgan fingerprint density at radius 2 is 2.24 bits per heavy atom. The first-order valence-electron chi connectivity index (χ1n) is 6.89. The Labute approximate surface area is 123 Å². The summed E-state index contributed by atoms with van der Waals surface area (Å²) >= 11 is 0. The summed E-state index contributed by atoms with van der Waals surface area (Å²) in [5.41, 5.74) is -0.292. The van der Waals surface area contributed by atoms with Crippen LogP contribution >= 0.6 is 0 Å². The van der Waals surface area contributed by atoms with E-state index < -0.39 is 5.97 Å². The Hall–Kier alpha value is -2.05. The van der Waals surface area contributed by atoms with E-state index in [4.69, 9.17) is 9.52 Å². The molecule has 1 amide bonds. The molecule has 2 rings (SSSR count). The second-order valence-electron chi connectivity index (χ2n) is 6.45. The number of likely N-dealkylation sites (tertiary alicyclic amines) is 1. The summed E-state index contributed by atoms with van der Waals surface area (Å²) in [4.78, 5) is 30.3. The average molecular weight is 295 g/mol. The van der Waals surface area contributed by atoms with Gasteiger partial charge in [0.1, 0.15) is 6.26 Å². The van der Waals surface area contributed by atoms with Gasteiger partial charge in [-0.1, -0.05) is 0 Å². The zero-order valence-electron chi connectivity index (χ0n) is 12.8. The van der Waals surface area contributed by atoms with Crippen LogP contribution < -0.4 is 4.90 Å². The number of oxazole rings is 1. The van der Waals surface area contributed by atoms with Crippen LogP contribution in [0.2, 0.25) is 0 Å². The largest absolute Gasteiger partial charge is 0.476 e. The zero-order chi connectivity index (χ0) is 15.8. The van der Waals surface area contributed by atoms with E-state index in [9.17, 15) is 9.59 Å². The van der Waals surface area contributed by atoms with E-state index in [1.807, 2.05) is 25.7 Å². The first kappa shape index (κ1) is 15.3. The summed E-state index contributed by atoms with van der Waals surface area (Å²) in [6, 6.07) is 0.258. The van der Waals surface area contributed by atoms with Crippen molar-refractivity contribution in [1.82, 2.24) is 9.88 Å². The molecule has 0 spiro atoms. The van der Waals surface area contributed by atoms with Gasteiger partial charge in [-0.2, -0.15) is 4.98 Å². The van der Waals surface area contributed by atoms with E-state index >= 15 is 0 Å². The molecule has 7 heteroatoms. The molecule has 1 atom stereocenters. The number of carbonyl (C=O) groups is 2. The normalized spacial score (nSPS) is 19.1. The Kier molecular flexibility index (Phi) is 3.93. The van der Waals surface area contributed by atoms with Gasteiger partial charge in [0.25, 0.3) is 6.01 Å². The van der Waals surface area contributed by atoms with Crippen molar-refractivity contribution in [3.63, 3.8) is 0 Å². The molecule has 21 heavy (non-hydrogen) atoms. The maximum Gasteiger partial charge on any atom is 0.357 e. The van der Waals surface area contributed by atoms with Crippen LogP contribution in [0.25, 0.3) is 0 Å². The van der Waals surface area contributed by atoms with Gasteiger partial charge >= 0.3 is 5.97 Å². The van der Waals surface area contributed by atoms with Crippen molar-refractivity contribution in [2.24, 2.45) is 5.92 Å². The standard InChI is InChI=1S/C14H21N3O4/c1-14(2,3)17-7-9(5-11(17)18)6-16(4)13-15-10(8-21-13)12(19)20/h8-9H,5-7H2,1-4H3,(H,19,20). The summed E-state index contributed by atoms with van der Waals surface area (Å²) in [6.45, 7) is 7.34. The van der Waals surface area contributed by atoms with E-state index in [1.54, 1.807) is 11.9 Å². The number of aromatic carboxylic acids is 1. The molecule has 1 saturated heterocycles. The fourth-order valence-electron chi connectivity index (χ4n) is 2.56. The van der Waals surface area contributed by atoms with Crippen LogP contribution in [-0.2, 0) is 4.79 Å². The Balaban J connectivity index is 1.99. The lowest BCUT2D eigenvalue weighted by Crippen LogP contribution is -2.42. The molecule has 1 aromatic heterocycles. The molecule has 1 aliphatic rings. The second-order valence-corrected chi connectivity index (χ2v) is 6.45. The van der Waals surface area contributed by atoms with Crippen molar-refractivity contribution in [2.45, 2.75) is 32.7 Å². The number of nitrogens with zero attached hydrogens (tertiary/aromatic N) is 3. The van der Waals surface area contributed by atoms with Crippen molar-refractivity contribution in [1.29, 1.82) is 0 Å². The highest BCUT2D eigenvalue weighted by atomic mass is 16.4. The van der Waals surface area contributed by atoms with Gasteiger partial charge in [0.2, 0.25) is 5.91 Å². The molecule has 0 radical (unpaired) electrons. The van der Waals surface area contributed by atoms with Gasteiger partial charge in [-0.15, -0.1) is 0 Å². The Morgan fingerprint density at radius 1 is 1.57 bits per heavy atom. The summed E-state index contributed by atoms with van der Waals surface area (Å²) in [5, 5.41) is 8.83. The second kappa shape index (κ2) is 5.38. The SMILES string of the molecule is CN(CC1CC(=O)N(C(C)(C)C)C1)c1nc(C(=O)O)co1. The van der Waals surface area contributed by atoms with Crippen molar-refractivity contribution in [3.05, 3.63) is 12.0 Å². The van der Waals surface area contributed by atoms with E-state index in [-0.39, 0.29) is 29.1 Å². The molecule has 116 valence electrons. The lowest BCUT2D eigenvalue weighted by atomic mass is 10.1. The molecular weight excluding hydrogens is 274 g/mol. The number of hydrogen-bond acceptors (Lipinski definition) is 5. The lowest BCUT2D eigenvalue weighted by Gasteiger charge is -2.32. The van der Waals surface area contributed by atoms with Gasteiger partial charge in [0, 0.05) is 38.0 Å². The molecular formula is C14H21N3O4. The molecule has 1 unspecified atom stereocenters. The molecule has 0 aliphatic carbocycles. The molecule has 1 aromatic rings. The third-order valence-corrected chi connectivity index (χ3v) is 3.58. The topological polar surface area (TPSA) is 86.9 Å². The maximum absolute atomic E-state index is 12.0. The van der Waals surface area contributed by atoms with E-state index in [0.717, 1.165) is 6.26 Å². The Morgan fingerprint density at radius 3 is 2.71 bits per heavy atom. The fourth-order valence-corrected chi connectivity index (χ4v) is 2.56. The number of amides is 1. The summed E-state index contributed by atoms with van der Waals surface area (Å²) in [7, 11) is 1.78. The van der Waals surface area contributed by atoms with Crippen molar-refractivity contribution < 1.29 is 19.1 Å². The number of carbonyl (C=O) groups excluding carboxylic acids is 1. The fraction of sp³-hybridized carbons (Fsp3) is 0.643. The number of aromatic nitrogens is 1. The molecule has 0 bridgehead atoms. The van der Waals surface area contributed by atoms with Gasteiger partial charge < -0.3 is 19.3 Å². The van der Waals surface area contributed by atoms with Gasteiger partial charge in [-0.05, 0) is 20.8 Å². The summed E-state index contributed by atoms with van der Waals surface area (Å²) < 4.78 is 5.15. The monoisotopic (exact) mass is 295 g/mol. The first-order valence-corrected chi connectivity index (χ1v) is 6.89. The van der Waals surface area contributed by atoms with Crippen molar-refractivity contribution >= 4 is 17.9 Å². The highest BCUT2D eigenvalue weighted by molar-refractivity contribution is 5.85. The quantitative estimate of drug-likeness (QED) is 0.904. The maximum atomic E-state index is 12.0. The summed E-state index contributed by atoms with van der Waals surface area (Å²) in [5.74, 6) is -0.783. The third-order valence-electron chi connectivity index (χ3n) is 3.58. The predicted molar refractivity (Wildman–Crippen MR) is 76.3 cm³/mol. The van der Waals surface area contributed by atoms with Crippen LogP contribution in [0.3, 0.4) is 0 Å². The molecule has 0 aromatic carbocycles. The van der Waals surface area contributed by atoms with Crippen molar-refractivity contribution in [2.75, 3.05) is 25.0 Å². The van der Waals surface area contributed by atoms with Crippen LogP contribution in [0.5, 0.6) is 0 Å². The molecule has 0 saturated carbocycles.